The van der Waals surface area contributed by atoms with E-state index in [4.69, 9.17) is 5.26 Å². The number of carbonyl (C=O) groups is 1. The normalized spacial score (nSPS) is 10.4. The highest BCUT2D eigenvalue weighted by molar-refractivity contribution is 6.01. The minimum atomic E-state index is -0.547. The minimum Gasteiger partial charge on any atom is -0.348 e. The summed E-state index contributed by atoms with van der Waals surface area (Å²) in [6.45, 7) is 3.68. The van der Waals surface area contributed by atoms with Crippen LogP contribution in [0, 0.1) is 21.4 Å². The number of carbonyl (C=O) groups excluding carboxylic acids is 1. The highest BCUT2D eigenvalue weighted by atomic mass is 16.6. The van der Waals surface area contributed by atoms with Gasteiger partial charge in [0.1, 0.15) is 11.6 Å². The first kappa shape index (κ1) is 14.1. The predicted molar refractivity (Wildman–Crippen MR) is 69.9 cm³/mol. The smallest absolute Gasteiger partial charge is 0.270 e. The van der Waals surface area contributed by atoms with E-state index >= 15 is 0 Å². The average molecular weight is 257 g/mol. The van der Waals surface area contributed by atoms with E-state index in [-0.39, 0.29) is 17.8 Å². The fraction of sp³-hybridized carbons (Fsp3) is 0.0769. The number of non-ortho nitro benzene ring substituents is 1. The summed E-state index contributed by atoms with van der Waals surface area (Å²) in [5.74, 6) is -0.547. The van der Waals surface area contributed by atoms with Gasteiger partial charge < -0.3 is 5.32 Å². The van der Waals surface area contributed by atoms with Crippen LogP contribution in [0.2, 0.25) is 0 Å². The van der Waals surface area contributed by atoms with Gasteiger partial charge in [-0.2, -0.15) is 5.26 Å². The van der Waals surface area contributed by atoms with Gasteiger partial charge in [0.05, 0.1) is 4.92 Å². The van der Waals surface area contributed by atoms with Crippen molar-refractivity contribution in [2.75, 3.05) is 6.54 Å². The Morgan fingerprint density at radius 3 is 2.89 bits per heavy atom. The number of nitro benzene ring substituents is 1. The van der Waals surface area contributed by atoms with Crippen molar-refractivity contribution in [3.05, 3.63) is 58.2 Å². The molecule has 0 radical (unpaired) electrons. The number of amides is 1. The summed E-state index contributed by atoms with van der Waals surface area (Å²) < 4.78 is 0. The van der Waals surface area contributed by atoms with Crippen LogP contribution in [0.4, 0.5) is 5.69 Å². The number of nitrogens with zero attached hydrogens (tertiary/aromatic N) is 2. The maximum Gasteiger partial charge on any atom is 0.270 e. The Morgan fingerprint density at radius 2 is 2.32 bits per heavy atom. The fourth-order valence-electron chi connectivity index (χ4n) is 1.30. The molecule has 1 aromatic carbocycles. The van der Waals surface area contributed by atoms with Gasteiger partial charge in [0.15, 0.2) is 0 Å². The lowest BCUT2D eigenvalue weighted by Gasteiger charge is -2.00. The van der Waals surface area contributed by atoms with Crippen LogP contribution in [0.25, 0.3) is 6.08 Å². The molecule has 1 rings (SSSR count). The zero-order valence-electron chi connectivity index (χ0n) is 10.00. The number of nitrogens with one attached hydrogen (secondary N) is 1. The summed E-state index contributed by atoms with van der Waals surface area (Å²) in [7, 11) is 0. The van der Waals surface area contributed by atoms with Crippen molar-refractivity contribution < 1.29 is 9.72 Å². The molecule has 96 valence electrons. The third-order valence-corrected chi connectivity index (χ3v) is 2.16. The standard InChI is InChI=1S/C13H11N3O3/c1-2-6-15-13(17)11(9-14)7-10-4-3-5-12(8-10)16(18)19/h2-5,7-8H,1,6H2,(H,15,17). The van der Waals surface area contributed by atoms with Crippen molar-refractivity contribution in [3.8, 4) is 6.07 Å². The highest BCUT2D eigenvalue weighted by Gasteiger charge is 2.09. The lowest BCUT2D eigenvalue weighted by molar-refractivity contribution is -0.384. The van der Waals surface area contributed by atoms with Crippen LogP contribution in [-0.2, 0) is 4.79 Å². The summed E-state index contributed by atoms with van der Waals surface area (Å²) in [5, 5.41) is 22.0. The maximum atomic E-state index is 11.6. The molecule has 0 fully saturated rings. The summed E-state index contributed by atoms with van der Waals surface area (Å²) in [6, 6.07) is 7.44. The largest absolute Gasteiger partial charge is 0.348 e. The Bertz CT molecular complexity index is 585. The first-order chi connectivity index (χ1) is 9.08. The summed E-state index contributed by atoms with van der Waals surface area (Å²) in [4.78, 5) is 21.6. The van der Waals surface area contributed by atoms with E-state index in [1.807, 2.05) is 0 Å². The second kappa shape index (κ2) is 6.71. The number of nitro groups is 1. The summed E-state index contributed by atoms with van der Waals surface area (Å²) in [6.07, 6.45) is 2.78. The van der Waals surface area contributed by atoms with Gasteiger partial charge in [-0.05, 0) is 11.6 Å². The quantitative estimate of drug-likeness (QED) is 0.286. The van der Waals surface area contributed by atoms with Gasteiger partial charge in [0.25, 0.3) is 11.6 Å². The van der Waals surface area contributed by atoms with Gasteiger partial charge in [-0.3, -0.25) is 14.9 Å². The van der Waals surface area contributed by atoms with Gasteiger partial charge in [0.2, 0.25) is 0 Å². The molecule has 0 unspecified atom stereocenters. The molecule has 0 bridgehead atoms. The molecule has 0 aromatic heterocycles. The van der Waals surface area contributed by atoms with E-state index < -0.39 is 10.8 Å². The predicted octanol–water partition coefficient (Wildman–Crippen LogP) is 1.80. The SMILES string of the molecule is C=CCNC(=O)C(C#N)=Cc1cccc([N+](=O)[O-])c1. The van der Waals surface area contributed by atoms with Crippen LogP contribution in [0.5, 0.6) is 0 Å². The van der Waals surface area contributed by atoms with E-state index in [0.717, 1.165) is 0 Å². The topological polar surface area (TPSA) is 96.0 Å². The van der Waals surface area contributed by atoms with Crippen molar-refractivity contribution in [1.29, 1.82) is 5.26 Å². The molecule has 6 heteroatoms. The summed E-state index contributed by atoms with van der Waals surface area (Å²) >= 11 is 0. The van der Waals surface area contributed by atoms with E-state index in [0.29, 0.717) is 5.56 Å². The van der Waals surface area contributed by atoms with Crippen molar-refractivity contribution in [1.82, 2.24) is 5.32 Å². The van der Waals surface area contributed by atoms with E-state index in [2.05, 4.69) is 11.9 Å². The number of hydrogen-bond donors (Lipinski definition) is 1. The highest BCUT2D eigenvalue weighted by Crippen LogP contribution is 2.15. The van der Waals surface area contributed by atoms with E-state index in [1.54, 1.807) is 12.1 Å². The average Bonchev–Trinajstić information content (AvgIpc) is 2.42. The fourth-order valence-corrected chi connectivity index (χ4v) is 1.30. The van der Waals surface area contributed by atoms with E-state index in [9.17, 15) is 14.9 Å². The van der Waals surface area contributed by atoms with Crippen LogP contribution in [0.1, 0.15) is 5.56 Å². The first-order valence-corrected chi connectivity index (χ1v) is 5.34. The molecule has 1 N–H and O–H groups in total. The molecule has 1 amide bonds. The molecule has 1 aromatic rings. The first-order valence-electron chi connectivity index (χ1n) is 5.34. The van der Waals surface area contributed by atoms with Crippen LogP contribution < -0.4 is 5.32 Å². The molecule has 0 aliphatic heterocycles. The van der Waals surface area contributed by atoms with Crippen molar-refractivity contribution >= 4 is 17.7 Å². The van der Waals surface area contributed by atoms with Gasteiger partial charge in [-0.1, -0.05) is 18.2 Å². The number of rotatable bonds is 5. The second-order valence-corrected chi connectivity index (χ2v) is 3.52. The monoisotopic (exact) mass is 257 g/mol. The number of benzene rings is 1. The van der Waals surface area contributed by atoms with Crippen molar-refractivity contribution in [3.63, 3.8) is 0 Å². The third-order valence-electron chi connectivity index (χ3n) is 2.16. The van der Waals surface area contributed by atoms with Crippen molar-refractivity contribution in [2.24, 2.45) is 0 Å². The number of hydrogen-bond acceptors (Lipinski definition) is 4. The number of nitriles is 1. The molecule has 19 heavy (non-hydrogen) atoms. The zero-order valence-corrected chi connectivity index (χ0v) is 10.00. The Labute approximate surface area is 109 Å². The van der Waals surface area contributed by atoms with Crippen LogP contribution in [-0.4, -0.2) is 17.4 Å². The minimum absolute atomic E-state index is 0.0995. The van der Waals surface area contributed by atoms with Crippen LogP contribution >= 0.6 is 0 Å². The van der Waals surface area contributed by atoms with E-state index in [1.165, 1.54) is 30.4 Å². The lowest BCUT2D eigenvalue weighted by Crippen LogP contribution is -2.24. The Kier molecular flexibility index (Phi) is 4.99. The Balaban J connectivity index is 3.01. The molecule has 0 aliphatic rings. The van der Waals surface area contributed by atoms with Crippen LogP contribution in [0.15, 0.2) is 42.5 Å². The zero-order chi connectivity index (χ0) is 14.3. The summed E-state index contributed by atoms with van der Waals surface area (Å²) in [5.41, 5.74) is 0.194. The Morgan fingerprint density at radius 1 is 1.58 bits per heavy atom. The maximum absolute atomic E-state index is 11.6. The van der Waals surface area contributed by atoms with Gasteiger partial charge >= 0.3 is 0 Å². The molecule has 0 atom stereocenters. The lowest BCUT2D eigenvalue weighted by atomic mass is 10.1. The Hall–Kier alpha value is -2.94. The third kappa shape index (κ3) is 4.09. The molecule has 0 saturated carbocycles. The van der Waals surface area contributed by atoms with Gasteiger partial charge in [-0.25, -0.2) is 0 Å². The van der Waals surface area contributed by atoms with Crippen molar-refractivity contribution in [2.45, 2.75) is 0 Å². The molecular weight excluding hydrogens is 246 g/mol. The van der Waals surface area contributed by atoms with Gasteiger partial charge in [-0.15, -0.1) is 6.58 Å². The molecular formula is C13H11N3O3. The molecule has 0 saturated heterocycles. The van der Waals surface area contributed by atoms with Gasteiger partial charge in [0, 0.05) is 18.7 Å². The second-order valence-electron chi connectivity index (χ2n) is 3.52. The molecule has 0 heterocycles. The molecule has 0 spiro atoms. The molecule has 6 nitrogen and oxygen atoms in total. The molecule has 0 aliphatic carbocycles. The van der Waals surface area contributed by atoms with Crippen LogP contribution in [0.3, 0.4) is 0 Å².